The molecular formula is C30H24FNO4. The molecule has 0 aliphatic carbocycles. The molecule has 6 heteroatoms. The highest BCUT2D eigenvalue weighted by molar-refractivity contribution is 5.72. The predicted octanol–water partition coefficient (Wildman–Crippen LogP) is 5.68. The van der Waals surface area contributed by atoms with E-state index < -0.39 is 23.5 Å². The Bertz CT molecular complexity index is 1240. The summed E-state index contributed by atoms with van der Waals surface area (Å²) in [6.45, 7) is -0.476. The smallest absolute Gasteiger partial charge is 0.335 e. The van der Waals surface area contributed by atoms with E-state index >= 15 is 0 Å². The number of carboxylic acid groups (broad SMARTS) is 1. The molecule has 0 amide bonds. The van der Waals surface area contributed by atoms with Gasteiger partial charge in [0, 0.05) is 0 Å². The second-order valence-corrected chi connectivity index (χ2v) is 8.19. The number of nitrogens with zero attached hydrogens (tertiary/aromatic N) is 1. The van der Waals surface area contributed by atoms with Gasteiger partial charge in [-0.3, -0.25) is 0 Å². The van der Waals surface area contributed by atoms with Crippen LogP contribution in [0.25, 0.3) is 0 Å². The first-order chi connectivity index (χ1) is 17.5. The van der Waals surface area contributed by atoms with E-state index in [1.165, 1.54) is 12.1 Å². The Kier molecular flexibility index (Phi) is 7.86. The molecule has 0 aliphatic heterocycles. The van der Waals surface area contributed by atoms with Gasteiger partial charge < -0.3 is 14.6 Å². The summed E-state index contributed by atoms with van der Waals surface area (Å²) in [5, 5.41) is 19.0. The molecule has 4 rings (SSSR count). The molecule has 1 atom stereocenters. The van der Waals surface area contributed by atoms with Crippen LogP contribution in [-0.4, -0.2) is 23.8 Å². The van der Waals surface area contributed by atoms with Gasteiger partial charge in [-0.25, -0.2) is 9.18 Å². The third kappa shape index (κ3) is 5.49. The van der Waals surface area contributed by atoms with Crippen molar-refractivity contribution in [3.8, 4) is 6.07 Å². The van der Waals surface area contributed by atoms with Crippen molar-refractivity contribution >= 4 is 5.97 Å². The Hall–Kier alpha value is -4.31. The molecule has 0 radical (unpaired) electrons. The van der Waals surface area contributed by atoms with Gasteiger partial charge in [-0.15, -0.1) is 0 Å². The van der Waals surface area contributed by atoms with Gasteiger partial charge in [0.15, 0.2) is 6.10 Å². The monoisotopic (exact) mass is 481 g/mol. The highest BCUT2D eigenvalue weighted by Crippen LogP contribution is 2.40. The first-order valence-electron chi connectivity index (χ1n) is 11.4. The first-order valence-corrected chi connectivity index (χ1v) is 11.4. The molecule has 1 N–H and O–H groups in total. The van der Waals surface area contributed by atoms with E-state index in [1.54, 1.807) is 0 Å². The van der Waals surface area contributed by atoms with E-state index in [1.807, 2.05) is 97.1 Å². The quantitative estimate of drug-likeness (QED) is 0.295. The number of carboxylic acids is 1. The Morgan fingerprint density at radius 1 is 0.861 bits per heavy atom. The average molecular weight is 482 g/mol. The topological polar surface area (TPSA) is 79.5 Å². The minimum Gasteiger partial charge on any atom is -0.479 e. The van der Waals surface area contributed by atoms with Crippen LogP contribution in [0.4, 0.5) is 4.39 Å². The van der Waals surface area contributed by atoms with Gasteiger partial charge >= 0.3 is 5.97 Å². The number of rotatable bonds is 10. The normalized spacial score (nSPS) is 12.0. The van der Waals surface area contributed by atoms with E-state index in [4.69, 9.17) is 14.7 Å². The maximum Gasteiger partial charge on any atom is 0.335 e. The Balaban J connectivity index is 1.68. The fourth-order valence-electron chi connectivity index (χ4n) is 4.16. The Morgan fingerprint density at radius 3 is 1.81 bits per heavy atom. The standard InChI is InChI=1S/C30H24FNO4/c31-27-17-22(19-32)16-23(18-27)20-35-28(29(33)34)21-36-30(24-10-4-1-5-11-24,25-12-6-2-7-13-25)26-14-8-3-9-15-26/h1-18,28H,20-21H2,(H,33,34). The van der Waals surface area contributed by atoms with Gasteiger partial charge in [0.05, 0.1) is 24.8 Å². The van der Waals surface area contributed by atoms with Crippen LogP contribution in [0.2, 0.25) is 0 Å². The van der Waals surface area contributed by atoms with Gasteiger partial charge in [-0.05, 0) is 40.5 Å². The summed E-state index contributed by atoms with van der Waals surface area (Å²) in [6.07, 6.45) is -1.34. The van der Waals surface area contributed by atoms with Crippen LogP contribution in [0.1, 0.15) is 27.8 Å². The van der Waals surface area contributed by atoms with Crippen molar-refractivity contribution < 1.29 is 23.8 Å². The van der Waals surface area contributed by atoms with Crippen LogP contribution < -0.4 is 0 Å². The summed E-state index contributed by atoms with van der Waals surface area (Å²) in [7, 11) is 0. The summed E-state index contributed by atoms with van der Waals surface area (Å²) in [5.74, 6) is -1.80. The minimum atomic E-state index is -1.34. The number of halogens is 1. The van der Waals surface area contributed by atoms with Crippen LogP contribution in [-0.2, 0) is 26.5 Å². The number of carbonyl (C=O) groups is 1. The van der Waals surface area contributed by atoms with E-state index in [9.17, 15) is 14.3 Å². The molecule has 0 heterocycles. The van der Waals surface area contributed by atoms with E-state index in [0.29, 0.717) is 5.56 Å². The molecular weight excluding hydrogens is 457 g/mol. The molecule has 4 aromatic carbocycles. The third-order valence-electron chi connectivity index (χ3n) is 5.81. The molecule has 0 aromatic heterocycles. The zero-order valence-electron chi connectivity index (χ0n) is 19.4. The second-order valence-electron chi connectivity index (χ2n) is 8.19. The molecule has 5 nitrogen and oxygen atoms in total. The van der Waals surface area contributed by atoms with Crippen LogP contribution in [0.5, 0.6) is 0 Å². The number of benzene rings is 4. The van der Waals surface area contributed by atoms with Crippen molar-refractivity contribution in [2.24, 2.45) is 0 Å². The van der Waals surface area contributed by atoms with Crippen molar-refractivity contribution in [3.05, 3.63) is 143 Å². The molecule has 0 saturated carbocycles. The fraction of sp³-hybridized carbons (Fsp3) is 0.133. The van der Waals surface area contributed by atoms with Crippen molar-refractivity contribution in [2.75, 3.05) is 6.61 Å². The summed E-state index contributed by atoms with van der Waals surface area (Å²) in [6, 6.07) is 34.4. The number of aliphatic carboxylic acids is 1. The van der Waals surface area contributed by atoms with Crippen molar-refractivity contribution in [3.63, 3.8) is 0 Å². The molecule has 0 fully saturated rings. The highest BCUT2D eigenvalue weighted by Gasteiger charge is 2.39. The van der Waals surface area contributed by atoms with Crippen LogP contribution in [0.3, 0.4) is 0 Å². The maximum absolute atomic E-state index is 13.8. The Labute approximate surface area is 209 Å². The molecule has 0 spiro atoms. The molecule has 0 aliphatic rings. The fourth-order valence-corrected chi connectivity index (χ4v) is 4.16. The maximum atomic E-state index is 13.8. The van der Waals surface area contributed by atoms with Crippen molar-refractivity contribution in [1.82, 2.24) is 0 Å². The lowest BCUT2D eigenvalue weighted by Crippen LogP contribution is -2.38. The van der Waals surface area contributed by atoms with Crippen molar-refractivity contribution in [1.29, 1.82) is 5.26 Å². The van der Waals surface area contributed by atoms with Crippen molar-refractivity contribution in [2.45, 2.75) is 18.3 Å². The number of hydrogen-bond donors (Lipinski definition) is 1. The minimum absolute atomic E-state index is 0.132. The highest BCUT2D eigenvalue weighted by atomic mass is 19.1. The van der Waals surface area contributed by atoms with E-state index in [2.05, 4.69) is 0 Å². The van der Waals surface area contributed by atoms with Crippen LogP contribution >= 0.6 is 0 Å². The summed E-state index contributed by atoms with van der Waals surface area (Å²) >= 11 is 0. The average Bonchev–Trinajstić information content (AvgIpc) is 2.92. The van der Waals surface area contributed by atoms with Gasteiger partial charge in [-0.1, -0.05) is 91.0 Å². The Morgan fingerprint density at radius 2 is 1.36 bits per heavy atom. The zero-order valence-corrected chi connectivity index (χ0v) is 19.4. The zero-order chi connectivity index (χ0) is 25.4. The van der Waals surface area contributed by atoms with Crippen LogP contribution in [0.15, 0.2) is 109 Å². The molecule has 180 valence electrons. The molecule has 36 heavy (non-hydrogen) atoms. The number of nitriles is 1. The number of ether oxygens (including phenoxy) is 2. The third-order valence-corrected chi connectivity index (χ3v) is 5.81. The van der Waals surface area contributed by atoms with E-state index in [0.717, 1.165) is 22.8 Å². The SMILES string of the molecule is N#Cc1cc(F)cc(COC(COC(c2ccccc2)(c2ccccc2)c2ccccc2)C(=O)O)c1. The van der Waals surface area contributed by atoms with Gasteiger partial charge in [0.2, 0.25) is 0 Å². The lowest BCUT2D eigenvalue weighted by Gasteiger charge is -2.36. The number of hydrogen-bond acceptors (Lipinski definition) is 4. The molecule has 0 saturated heterocycles. The summed E-state index contributed by atoms with van der Waals surface area (Å²) in [4.78, 5) is 12.1. The predicted molar refractivity (Wildman–Crippen MR) is 132 cm³/mol. The van der Waals surface area contributed by atoms with Gasteiger partial charge in [-0.2, -0.15) is 5.26 Å². The lowest BCUT2D eigenvalue weighted by molar-refractivity contribution is -0.159. The van der Waals surface area contributed by atoms with Crippen LogP contribution in [0, 0.1) is 17.1 Å². The summed E-state index contributed by atoms with van der Waals surface area (Å²) in [5.41, 5.74) is 1.88. The summed E-state index contributed by atoms with van der Waals surface area (Å²) < 4.78 is 26.0. The molecule has 0 bridgehead atoms. The lowest BCUT2D eigenvalue weighted by atomic mass is 9.80. The van der Waals surface area contributed by atoms with Gasteiger partial charge in [0.25, 0.3) is 0 Å². The largest absolute Gasteiger partial charge is 0.479 e. The second kappa shape index (κ2) is 11.4. The van der Waals surface area contributed by atoms with Gasteiger partial charge in [0.1, 0.15) is 11.4 Å². The van der Waals surface area contributed by atoms with E-state index in [-0.39, 0.29) is 18.8 Å². The molecule has 4 aromatic rings. The first kappa shape index (κ1) is 24.8. The molecule has 1 unspecified atom stereocenters.